The van der Waals surface area contributed by atoms with Gasteiger partial charge >= 0.3 is 6.09 Å². The minimum absolute atomic E-state index is 0.0948. The number of amides is 1. The molecule has 0 aliphatic carbocycles. The van der Waals surface area contributed by atoms with Gasteiger partial charge in [-0.15, -0.1) is 6.58 Å². The van der Waals surface area contributed by atoms with Gasteiger partial charge in [0.15, 0.2) is 0 Å². The van der Waals surface area contributed by atoms with Gasteiger partial charge < -0.3 is 15.4 Å². The molecule has 1 saturated heterocycles. The standard InChI is InChI=1S/C11H20N2O2/c1-5-8-6-12-7-9(8)13-10(14)15-11(2,3)4/h5,8-9,12H,1,6-7H2,2-4H3,(H,13,14). The summed E-state index contributed by atoms with van der Waals surface area (Å²) in [6, 6.07) is 0.0948. The van der Waals surface area contributed by atoms with Crippen LogP contribution in [0.5, 0.6) is 0 Å². The molecule has 2 unspecified atom stereocenters. The minimum atomic E-state index is -0.445. The van der Waals surface area contributed by atoms with Crippen molar-refractivity contribution in [1.29, 1.82) is 0 Å². The lowest BCUT2D eigenvalue weighted by Crippen LogP contribution is -2.42. The fourth-order valence-corrected chi connectivity index (χ4v) is 1.56. The Morgan fingerprint density at radius 1 is 1.53 bits per heavy atom. The Labute approximate surface area is 91.1 Å². The van der Waals surface area contributed by atoms with E-state index in [0.29, 0.717) is 0 Å². The molecule has 0 aromatic heterocycles. The molecular formula is C11H20N2O2. The van der Waals surface area contributed by atoms with Gasteiger partial charge in [0.25, 0.3) is 0 Å². The molecule has 1 aliphatic heterocycles. The molecule has 0 spiro atoms. The van der Waals surface area contributed by atoms with Gasteiger partial charge in [0, 0.05) is 19.0 Å². The van der Waals surface area contributed by atoms with Gasteiger partial charge in [-0.3, -0.25) is 0 Å². The Hall–Kier alpha value is -1.03. The third-order valence-electron chi connectivity index (χ3n) is 2.27. The van der Waals surface area contributed by atoms with Crippen LogP contribution in [-0.4, -0.2) is 30.8 Å². The number of ether oxygens (including phenoxy) is 1. The SMILES string of the molecule is C=CC1CNCC1NC(=O)OC(C)(C)C. The number of nitrogens with one attached hydrogen (secondary N) is 2. The van der Waals surface area contributed by atoms with Gasteiger partial charge in [-0.25, -0.2) is 4.79 Å². The summed E-state index contributed by atoms with van der Waals surface area (Å²) in [5.41, 5.74) is -0.445. The monoisotopic (exact) mass is 212 g/mol. The van der Waals surface area contributed by atoms with Crippen molar-refractivity contribution in [3.63, 3.8) is 0 Å². The van der Waals surface area contributed by atoms with E-state index in [9.17, 15) is 4.79 Å². The predicted octanol–water partition coefficient (Wildman–Crippen LogP) is 1.29. The molecule has 2 atom stereocenters. The summed E-state index contributed by atoms with van der Waals surface area (Å²) in [5.74, 6) is 0.289. The summed E-state index contributed by atoms with van der Waals surface area (Å²) in [4.78, 5) is 11.5. The van der Waals surface area contributed by atoms with Crippen molar-refractivity contribution >= 4 is 6.09 Å². The van der Waals surface area contributed by atoms with Crippen molar-refractivity contribution in [3.8, 4) is 0 Å². The molecule has 0 radical (unpaired) electrons. The third kappa shape index (κ3) is 3.91. The van der Waals surface area contributed by atoms with Crippen LogP contribution in [0.15, 0.2) is 12.7 Å². The molecule has 1 rings (SSSR count). The molecule has 1 amide bonds. The van der Waals surface area contributed by atoms with Crippen molar-refractivity contribution in [2.75, 3.05) is 13.1 Å². The van der Waals surface area contributed by atoms with Crippen LogP contribution in [0.3, 0.4) is 0 Å². The smallest absolute Gasteiger partial charge is 0.407 e. The zero-order chi connectivity index (χ0) is 11.5. The minimum Gasteiger partial charge on any atom is -0.444 e. The van der Waals surface area contributed by atoms with Crippen LogP contribution in [0.1, 0.15) is 20.8 Å². The maximum absolute atomic E-state index is 11.5. The number of hydrogen-bond acceptors (Lipinski definition) is 3. The second-order valence-electron chi connectivity index (χ2n) is 4.81. The lowest BCUT2D eigenvalue weighted by molar-refractivity contribution is 0.0502. The summed E-state index contributed by atoms with van der Waals surface area (Å²) in [6.45, 7) is 10.9. The average Bonchev–Trinajstić information content (AvgIpc) is 2.48. The highest BCUT2D eigenvalue weighted by molar-refractivity contribution is 5.68. The number of carbonyl (C=O) groups excluding carboxylic acids is 1. The Kier molecular flexibility index (Phi) is 3.74. The van der Waals surface area contributed by atoms with E-state index in [1.165, 1.54) is 0 Å². The molecule has 86 valence electrons. The van der Waals surface area contributed by atoms with E-state index in [4.69, 9.17) is 4.74 Å². The van der Waals surface area contributed by atoms with Crippen LogP contribution < -0.4 is 10.6 Å². The maximum Gasteiger partial charge on any atom is 0.407 e. The van der Waals surface area contributed by atoms with Gasteiger partial charge in [-0.1, -0.05) is 6.08 Å². The molecule has 0 aromatic rings. The van der Waals surface area contributed by atoms with Gasteiger partial charge in [-0.2, -0.15) is 0 Å². The molecule has 4 heteroatoms. The van der Waals surface area contributed by atoms with Crippen LogP contribution in [0, 0.1) is 5.92 Å². The first-order valence-corrected chi connectivity index (χ1v) is 5.25. The second-order valence-corrected chi connectivity index (χ2v) is 4.81. The van der Waals surface area contributed by atoms with Crippen molar-refractivity contribution in [1.82, 2.24) is 10.6 Å². The number of carbonyl (C=O) groups is 1. The molecule has 1 fully saturated rings. The van der Waals surface area contributed by atoms with E-state index in [-0.39, 0.29) is 18.1 Å². The molecule has 4 nitrogen and oxygen atoms in total. The fourth-order valence-electron chi connectivity index (χ4n) is 1.56. The van der Waals surface area contributed by atoms with E-state index >= 15 is 0 Å². The van der Waals surface area contributed by atoms with Crippen LogP contribution in [0.2, 0.25) is 0 Å². The molecule has 1 aliphatic rings. The van der Waals surface area contributed by atoms with Crippen LogP contribution in [0.25, 0.3) is 0 Å². The molecule has 0 saturated carbocycles. The first-order valence-electron chi connectivity index (χ1n) is 5.25. The average molecular weight is 212 g/mol. The van der Waals surface area contributed by atoms with E-state index in [0.717, 1.165) is 13.1 Å². The van der Waals surface area contributed by atoms with Gasteiger partial charge in [-0.05, 0) is 20.8 Å². The Morgan fingerprint density at radius 3 is 2.73 bits per heavy atom. The lowest BCUT2D eigenvalue weighted by Gasteiger charge is -2.23. The summed E-state index contributed by atoms with van der Waals surface area (Å²) in [5, 5.41) is 6.04. The third-order valence-corrected chi connectivity index (χ3v) is 2.27. The van der Waals surface area contributed by atoms with Gasteiger partial charge in [0.05, 0.1) is 6.04 Å². The normalized spacial score (nSPS) is 26.1. The molecule has 0 aromatic carbocycles. The molecule has 15 heavy (non-hydrogen) atoms. The number of rotatable bonds is 2. The van der Waals surface area contributed by atoms with Crippen molar-refractivity contribution in [2.45, 2.75) is 32.4 Å². The van der Waals surface area contributed by atoms with Crippen molar-refractivity contribution in [3.05, 3.63) is 12.7 Å². The summed E-state index contributed by atoms with van der Waals surface area (Å²) in [7, 11) is 0. The van der Waals surface area contributed by atoms with E-state index < -0.39 is 5.60 Å². The van der Waals surface area contributed by atoms with E-state index in [2.05, 4.69) is 17.2 Å². The number of hydrogen-bond donors (Lipinski definition) is 2. The van der Waals surface area contributed by atoms with Gasteiger partial charge in [0.1, 0.15) is 5.60 Å². The van der Waals surface area contributed by atoms with Crippen LogP contribution in [-0.2, 0) is 4.74 Å². The second kappa shape index (κ2) is 4.66. The molecule has 0 bridgehead atoms. The first-order chi connectivity index (χ1) is 6.92. The highest BCUT2D eigenvalue weighted by atomic mass is 16.6. The summed E-state index contributed by atoms with van der Waals surface area (Å²) >= 11 is 0. The van der Waals surface area contributed by atoms with Crippen molar-refractivity contribution < 1.29 is 9.53 Å². The highest BCUT2D eigenvalue weighted by Gasteiger charge is 2.27. The molecule has 2 N–H and O–H groups in total. The van der Waals surface area contributed by atoms with E-state index in [1.54, 1.807) is 0 Å². The Balaban J connectivity index is 2.41. The Bertz CT molecular complexity index is 245. The highest BCUT2D eigenvalue weighted by Crippen LogP contribution is 2.12. The summed E-state index contributed by atoms with van der Waals surface area (Å²) < 4.78 is 5.18. The van der Waals surface area contributed by atoms with Crippen molar-refractivity contribution in [2.24, 2.45) is 5.92 Å². The first kappa shape index (κ1) is 12.0. The van der Waals surface area contributed by atoms with Crippen LogP contribution >= 0.6 is 0 Å². The zero-order valence-corrected chi connectivity index (χ0v) is 9.67. The van der Waals surface area contributed by atoms with Gasteiger partial charge in [0.2, 0.25) is 0 Å². The lowest BCUT2D eigenvalue weighted by atomic mass is 10.0. The predicted molar refractivity (Wildman–Crippen MR) is 59.7 cm³/mol. The quantitative estimate of drug-likeness (QED) is 0.678. The molecular weight excluding hydrogens is 192 g/mol. The zero-order valence-electron chi connectivity index (χ0n) is 9.67. The fraction of sp³-hybridized carbons (Fsp3) is 0.727. The van der Waals surface area contributed by atoms with Crippen LogP contribution in [0.4, 0.5) is 4.79 Å². The summed E-state index contributed by atoms with van der Waals surface area (Å²) in [6.07, 6.45) is 1.50. The maximum atomic E-state index is 11.5. The number of alkyl carbamates (subject to hydrolysis) is 1. The van der Waals surface area contributed by atoms with E-state index in [1.807, 2.05) is 26.8 Å². The Morgan fingerprint density at radius 2 is 2.20 bits per heavy atom. The largest absolute Gasteiger partial charge is 0.444 e. The molecule has 1 heterocycles. The topological polar surface area (TPSA) is 50.4 Å².